The highest BCUT2D eigenvalue weighted by atomic mass is 16.5. The largest absolute Gasteiger partial charge is 0.488 e. The van der Waals surface area contributed by atoms with E-state index in [0.29, 0.717) is 25.9 Å². The van der Waals surface area contributed by atoms with E-state index < -0.39 is 24.2 Å². The highest BCUT2D eigenvalue weighted by Crippen LogP contribution is 2.38. The first-order valence-electron chi connectivity index (χ1n) is 13.1. The van der Waals surface area contributed by atoms with Crippen LogP contribution in [0.5, 0.6) is 5.75 Å². The van der Waals surface area contributed by atoms with Crippen molar-refractivity contribution in [3.05, 3.63) is 101 Å². The number of ether oxygens (including phenoxy) is 2. The number of fused-ring (bicyclic) bond motifs is 1. The molecule has 5 rings (SSSR count). The van der Waals surface area contributed by atoms with Crippen LogP contribution in [0.25, 0.3) is 0 Å². The molecule has 1 amide bonds. The van der Waals surface area contributed by atoms with Crippen LogP contribution in [-0.2, 0) is 33.9 Å². The Morgan fingerprint density at radius 2 is 1.68 bits per heavy atom. The van der Waals surface area contributed by atoms with Crippen LogP contribution in [0.1, 0.15) is 53.2 Å². The minimum absolute atomic E-state index is 0.180. The Kier molecular flexibility index (Phi) is 7.77. The minimum atomic E-state index is -0.963. The van der Waals surface area contributed by atoms with Gasteiger partial charge in [-0.3, -0.25) is 9.59 Å². The number of aliphatic hydroxyl groups excluding tert-OH is 1. The van der Waals surface area contributed by atoms with Crippen LogP contribution in [0, 0.1) is 6.92 Å². The van der Waals surface area contributed by atoms with Crippen LogP contribution < -0.4 is 4.74 Å². The predicted octanol–water partition coefficient (Wildman–Crippen LogP) is 4.58. The summed E-state index contributed by atoms with van der Waals surface area (Å²) in [6.45, 7) is 2.66. The molecule has 3 aromatic carbocycles. The first-order chi connectivity index (χ1) is 18.4. The fourth-order valence-electron chi connectivity index (χ4n) is 5.29. The number of benzene rings is 3. The van der Waals surface area contributed by atoms with Crippen molar-refractivity contribution in [1.29, 1.82) is 0 Å². The number of aliphatic carboxylic acids is 1. The summed E-state index contributed by atoms with van der Waals surface area (Å²) in [5, 5.41) is 19.5. The smallest absolute Gasteiger partial charge is 0.305 e. The summed E-state index contributed by atoms with van der Waals surface area (Å²) in [7, 11) is 0. The highest BCUT2D eigenvalue weighted by molar-refractivity contribution is 5.84. The van der Waals surface area contributed by atoms with Gasteiger partial charge in [0.1, 0.15) is 12.4 Å². The topological polar surface area (TPSA) is 96.3 Å². The van der Waals surface area contributed by atoms with Gasteiger partial charge in [0.2, 0.25) is 0 Å². The average Bonchev–Trinajstić information content (AvgIpc) is 2.90. The van der Waals surface area contributed by atoms with Crippen molar-refractivity contribution in [2.24, 2.45) is 0 Å². The standard InChI is InChI=1S/C31H33NO6/c1-20-12-13-23-18-32(31(36)30(22-10-6-3-7-11-22)38-26-16-25(33)17-26)24(15-28(34)35)14-27(23)29(20)37-19-21-8-4-2-5-9-21/h2-13,24-26,30,33H,14-19H2,1H3,(H,34,35)/t24-,25?,26?,30-/m1/s1. The molecule has 1 aliphatic carbocycles. The van der Waals surface area contributed by atoms with Gasteiger partial charge in [-0.05, 0) is 48.4 Å². The van der Waals surface area contributed by atoms with Crippen LogP contribution in [-0.4, -0.2) is 45.2 Å². The van der Waals surface area contributed by atoms with Crippen LogP contribution in [0.4, 0.5) is 0 Å². The zero-order valence-electron chi connectivity index (χ0n) is 21.5. The van der Waals surface area contributed by atoms with E-state index in [0.717, 1.165) is 33.6 Å². The van der Waals surface area contributed by atoms with Gasteiger partial charge in [0, 0.05) is 18.2 Å². The molecule has 0 bridgehead atoms. The number of nitrogens with zero attached hydrogens (tertiary/aromatic N) is 1. The fourth-order valence-corrected chi connectivity index (χ4v) is 5.29. The molecule has 2 atom stereocenters. The molecule has 1 saturated carbocycles. The summed E-state index contributed by atoms with van der Waals surface area (Å²) < 4.78 is 12.5. The van der Waals surface area contributed by atoms with Gasteiger partial charge in [0.25, 0.3) is 5.91 Å². The molecule has 2 N–H and O–H groups in total. The Morgan fingerprint density at radius 3 is 2.34 bits per heavy atom. The van der Waals surface area contributed by atoms with E-state index in [4.69, 9.17) is 9.47 Å². The van der Waals surface area contributed by atoms with Crippen LogP contribution in [0.2, 0.25) is 0 Å². The van der Waals surface area contributed by atoms with Gasteiger partial charge < -0.3 is 24.6 Å². The van der Waals surface area contributed by atoms with E-state index in [9.17, 15) is 19.8 Å². The van der Waals surface area contributed by atoms with Gasteiger partial charge in [0.05, 0.1) is 18.6 Å². The van der Waals surface area contributed by atoms with Crippen molar-refractivity contribution in [3.63, 3.8) is 0 Å². The number of carboxylic acid groups (broad SMARTS) is 1. The molecule has 1 fully saturated rings. The number of amides is 1. The summed E-state index contributed by atoms with van der Waals surface area (Å²) in [6, 6.07) is 22.6. The SMILES string of the molecule is Cc1ccc2c(c1OCc1ccccc1)C[C@H](CC(=O)O)N(C(=O)[C@H](OC1CC(O)C1)c1ccccc1)C2. The van der Waals surface area contributed by atoms with Crippen molar-refractivity contribution in [3.8, 4) is 5.75 Å². The number of carbonyl (C=O) groups is 2. The van der Waals surface area contributed by atoms with Crippen molar-refractivity contribution in [1.82, 2.24) is 4.90 Å². The molecular formula is C31H33NO6. The average molecular weight is 516 g/mol. The summed E-state index contributed by atoms with van der Waals surface area (Å²) in [5.74, 6) is -0.468. The Bertz CT molecular complexity index is 1270. The number of aryl methyl sites for hydroxylation is 1. The molecule has 1 aliphatic heterocycles. The molecule has 7 heteroatoms. The molecule has 0 aromatic heterocycles. The molecule has 198 valence electrons. The van der Waals surface area contributed by atoms with Crippen LogP contribution in [0.3, 0.4) is 0 Å². The lowest BCUT2D eigenvalue weighted by Crippen LogP contribution is -2.49. The van der Waals surface area contributed by atoms with Crippen molar-refractivity contribution >= 4 is 11.9 Å². The van der Waals surface area contributed by atoms with Crippen molar-refractivity contribution < 1.29 is 29.3 Å². The maximum Gasteiger partial charge on any atom is 0.305 e. The molecule has 1 heterocycles. The lowest BCUT2D eigenvalue weighted by atomic mass is 9.89. The van der Waals surface area contributed by atoms with Gasteiger partial charge in [0.15, 0.2) is 6.10 Å². The fraction of sp³-hybridized carbons (Fsp3) is 0.355. The van der Waals surface area contributed by atoms with E-state index in [1.807, 2.05) is 79.7 Å². The number of aliphatic hydroxyl groups is 1. The van der Waals surface area contributed by atoms with Gasteiger partial charge in [-0.15, -0.1) is 0 Å². The van der Waals surface area contributed by atoms with Gasteiger partial charge in [-0.1, -0.05) is 72.8 Å². The number of carbonyl (C=O) groups excluding carboxylic acids is 1. The molecule has 0 radical (unpaired) electrons. The Hall–Kier alpha value is -3.68. The van der Waals surface area contributed by atoms with Crippen LogP contribution >= 0.6 is 0 Å². The zero-order valence-corrected chi connectivity index (χ0v) is 21.5. The monoisotopic (exact) mass is 515 g/mol. The molecule has 3 aromatic rings. The van der Waals surface area contributed by atoms with E-state index in [1.54, 1.807) is 4.90 Å². The molecule has 38 heavy (non-hydrogen) atoms. The maximum absolute atomic E-state index is 14.0. The minimum Gasteiger partial charge on any atom is -0.488 e. The second-order valence-corrected chi connectivity index (χ2v) is 10.2. The highest BCUT2D eigenvalue weighted by Gasteiger charge is 2.40. The first-order valence-corrected chi connectivity index (χ1v) is 13.1. The van der Waals surface area contributed by atoms with Crippen LogP contribution in [0.15, 0.2) is 72.8 Å². The second kappa shape index (κ2) is 11.4. The molecule has 0 spiro atoms. The molecule has 0 saturated heterocycles. The van der Waals surface area contributed by atoms with E-state index >= 15 is 0 Å². The van der Waals surface area contributed by atoms with Crippen molar-refractivity contribution in [2.75, 3.05) is 0 Å². The number of rotatable bonds is 9. The predicted molar refractivity (Wildman–Crippen MR) is 142 cm³/mol. The molecule has 2 aliphatic rings. The number of hydrogen-bond acceptors (Lipinski definition) is 5. The summed E-state index contributed by atoms with van der Waals surface area (Å²) in [4.78, 5) is 27.6. The quantitative estimate of drug-likeness (QED) is 0.433. The third-order valence-electron chi connectivity index (χ3n) is 7.42. The molecule has 7 nitrogen and oxygen atoms in total. The first kappa shape index (κ1) is 25.9. The van der Waals surface area contributed by atoms with E-state index in [1.165, 1.54) is 0 Å². The van der Waals surface area contributed by atoms with Gasteiger partial charge in [-0.25, -0.2) is 0 Å². The van der Waals surface area contributed by atoms with E-state index in [-0.39, 0.29) is 25.0 Å². The summed E-state index contributed by atoms with van der Waals surface area (Å²) in [6.07, 6.45) is -0.325. The van der Waals surface area contributed by atoms with E-state index in [2.05, 4.69) is 0 Å². The third-order valence-corrected chi connectivity index (χ3v) is 7.42. The number of carboxylic acids is 1. The Morgan fingerprint density at radius 1 is 1.00 bits per heavy atom. The Balaban J connectivity index is 1.44. The zero-order chi connectivity index (χ0) is 26.6. The lowest BCUT2D eigenvalue weighted by Gasteiger charge is -2.41. The summed E-state index contributed by atoms with van der Waals surface area (Å²) >= 11 is 0. The second-order valence-electron chi connectivity index (χ2n) is 10.2. The van der Waals surface area contributed by atoms with Gasteiger partial charge >= 0.3 is 5.97 Å². The molecule has 0 unspecified atom stereocenters. The number of hydrogen-bond donors (Lipinski definition) is 2. The third kappa shape index (κ3) is 5.74. The summed E-state index contributed by atoms with van der Waals surface area (Å²) in [5.41, 5.74) is 4.63. The van der Waals surface area contributed by atoms with Gasteiger partial charge in [-0.2, -0.15) is 0 Å². The molecular weight excluding hydrogens is 482 g/mol. The Labute approximate surface area is 222 Å². The normalized spacial score (nSPS) is 21.2. The lowest BCUT2D eigenvalue weighted by molar-refractivity contribution is -0.163. The maximum atomic E-state index is 14.0. The van der Waals surface area contributed by atoms with Crippen molar-refractivity contribution in [2.45, 2.75) is 70.1 Å².